The minimum atomic E-state index is -1.29. The van der Waals surface area contributed by atoms with Crippen molar-refractivity contribution in [2.75, 3.05) is 6.54 Å². The molecule has 3 aromatic rings. The van der Waals surface area contributed by atoms with Crippen molar-refractivity contribution < 1.29 is 24.6 Å². The molecule has 1 aliphatic rings. The predicted molar refractivity (Wildman–Crippen MR) is 125 cm³/mol. The molecule has 34 heavy (non-hydrogen) atoms. The third kappa shape index (κ3) is 4.42. The number of amides is 2. The standard InChI is InChI=1S/C23H22N4O6S/c1-2-3-8-18(28)26-10-13-15(11-26)27(12-17-25-14-6-4-5-7-16(14)34-17)23(33)20(21(13)31)22(32)24-9-19(29)30/h2,4-7,31H,1,3,8-12H2,(H,24,32)(H,29,30). The lowest BCUT2D eigenvalue weighted by atomic mass is 10.1. The van der Waals surface area contributed by atoms with Gasteiger partial charge in [-0.25, -0.2) is 4.98 Å². The zero-order valence-corrected chi connectivity index (χ0v) is 18.9. The molecule has 0 atom stereocenters. The van der Waals surface area contributed by atoms with E-state index in [-0.39, 0.29) is 37.5 Å². The highest BCUT2D eigenvalue weighted by Crippen LogP contribution is 2.33. The number of nitrogens with one attached hydrogen (secondary N) is 1. The largest absolute Gasteiger partial charge is 0.506 e. The van der Waals surface area contributed by atoms with Crippen molar-refractivity contribution in [1.82, 2.24) is 19.8 Å². The molecule has 0 aliphatic carbocycles. The van der Waals surface area contributed by atoms with Crippen LogP contribution < -0.4 is 10.9 Å². The highest BCUT2D eigenvalue weighted by Gasteiger charge is 2.33. The second kappa shape index (κ2) is 9.48. The summed E-state index contributed by atoms with van der Waals surface area (Å²) in [5.74, 6) is -3.00. The number of rotatable bonds is 8. The van der Waals surface area contributed by atoms with Crippen molar-refractivity contribution in [3.05, 3.63) is 69.1 Å². The Morgan fingerprint density at radius 2 is 2.00 bits per heavy atom. The average Bonchev–Trinajstić information content (AvgIpc) is 3.43. The molecule has 0 bridgehead atoms. The summed E-state index contributed by atoms with van der Waals surface area (Å²) in [7, 11) is 0. The van der Waals surface area contributed by atoms with Crippen LogP contribution in [0.1, 0.15) is 39.5 Å². The lowest BCUT2D eigenvalue weighted by molar-refractivity contribution is -0.136. The Kier molecular flexibility index (Phi) is 6.46. The number of fused-ring (bicyclic) bond motifs is 2. The number of para-hydroxylation sites is 1. The number of allylic oxidation sites excluding steroid dienone is 1. The molecular formula is C23H22N4O6S. The van der Waals surface area contributed by atoms with Crippen molar-refractivity contribution in [2.45, 2.75) is 32.5 Å². The van der Waals surface area contributed by atoms with Gasteiger partial charge in [0.25, 0.3) is 11.5 Å². The van der Waals surface area contributed by atoms with Gasteiger partial charge in [-0.15, -0.1) is 17.9 Å². The van der Waals surface area contributed by atoms with Gasteiger partial charge >= 0.3 is 5.97 Å². The number of aromatic nitrogens is 2. The van der Waals surface area contributed by atoms with Gasteiger partial charge in [-0.2, -0.15) is 0 Å². The van der Waals surface area contributed by atoms with E-state index in [1.165, 1.54) is 20.8 Å². The summed E-state index contributed by atoms with van der Waals surface area (Å²) in [6.07, 6.45) is 2.35. The molecule has 0 spiro atoms. The number of carbonyl (C=O) groups is 3. The van der Waals surface area contributed by atoms with E-state index in [1.54, 1.807) is 6.08 Å². The summed E-state index contributed by atoms with van der Waals surface area (Å²) in [6, 6.07) is 7.50. The third-order valence-corrected chi connectivity index (χ3v) is 6.54. The van der Waals surface area contributed by atoms with E-state index < -0.39 is 35.3 Å². The number of thiazole rings is 1. The molecule has 0 fully saturated rings. The van der Waals surface area contributed by atoms with Gasteiger partial charge < -0.3 is 25.0 Å². The van der Waals surface area contributed by atoms with Crippen LogP contribution in [0.25, 0.3) is 10.2 Å². The van der Waals surface area contributed by atoms with E-state index in [1.807, 2.05) is 24.3 Å². The Morgan fingerprint density at radius 3 is 2.71 bits per heavy atom. The van der Waals surface area contributed by atoms with Gasteiger partial charge in [-0.1, -0.05) is 18.2 Å². The van der Waals surface area contributed by atoms with Crippen LogP contribution in [0.5, 0.6) is 5.75 Å². The van der Waals surface area contributed by atoms with Gasteiger partial charge in [0.1, 0.15) is 22.9 Å². The molecule has 1 aliphatic heterocycles. The van der Waals surface area contributed by atoms with Crippen molar-refractivity contribution in [1.29, 1.82) is 0 Å². The Morgan fingerprint density at radius 1 is 1.24 bits per heavy atom. The van der Waals surface area contributed by atoms with Crippen molar-refractivity contribution in [2.24, 2.45) is 0 Å². The first kappa shape index (κ1) is 23.2. The minimum absolute atomic E-state index is 0.0243. The fourth-order valence-corrected chi connectivity index (χ4v) is 4.84. The second-order valence-corrected chi connectivity index (χ2v) is 8.88. The number of benzene rings is 1. The van der Waals surface area contributed by atoms with Gasteiger partial charge in [-0.3, -0.25) is 19.2 Å². The molecule has 0 unspecified atom stereocenters. The molecule has 4 rings (SSSR count). The van der Waals surface area contributed by atoms with Crippen LogP contribution in [0.2, 0.25) is 0 Å². The highest BCUT2D eigenvalue weighted by molar-refractivity contribution is 7.18. The quantitative estimate of drug-likeness (QED) is 0.416. The van der Waals surface area contributed by atoms with Gasteiger partial charge in [0.15, 0.2) is 0 Å². The van der Waals surface area contributed by atoms with E-state index in [9.17, 15) is 24.3 Å². The van der Waals surface area contributed by atoms with Crippen LogP contribution in [0.15, 0.2) is 41.7 Å². The summed E-state index contributed by atoms with van der Waals surface area (Å²) in [6.45, 7) is 3.06. The van der Waals surface area contributed by atoms with E-state index >= 15 is 0 Å². The molecule has 176 valence electrons. The molecule has 2 amide bonds. The Bertz CT molecular complexity index is 1340. The lowest BCUT2D eigenvalue weighted by Gasteiger charge is -2.15. The first-order chi connectivity index (χ1) is 16.3. The first-order valence-corrected chi connectivity index (χ1v) is 11.3. The van der Waals surface area contributed by atoms with Crippen molar-refractivity contribution in [3.8, 4) is 5.75 Å². The van der Waals surface area contributed by atoms with Crippen LogP contribution in [0, 0.1) is 0 Å². The number of nitrogens with zero attached hydrogens (tertiary/aromatic N) is 3. The molecule has 2 aromatic heterocycles. The number of pyridine rings is 1. The lowest BCUT2D eigenvalue weighted by Crippen LogP contribution is -2.37. The summed E-state index contributed by atoms with van der Waals surface area (Å²) in [5, 5.41) is 22.4. The average molecular weight is 483 g/mol. The van der Waals surface area contributed by atoms with Crippen LogP contribution in [0.4, 0.5) is 0 Å². The monoisotopic (exact) mass is 482 g/mol. The predicted octanol–water partition coefficient (Wildman–Crippen LogP) is 1.83. The maximum absolute atomic E-state index is 13.4. The summed E-state index contributed by atoms with van der Waals surface area (Å²) in [5.41, 5.74) is 0.142. The Hall–Kier alpha value is -3.99. The smallest absolute Gasteiger partial charge is 0.322 e. The molecule has 1 aromatic carbocycles. The fraction of sp³-hybridized carbons (Fsp3) is 0.261. The number of carboxylic acid groups (broad SMARTS) is 1. The zero-order valence-electron chi connectivity index (χ0n) is 18.1. The molecule has 0 saturated heterocycles. The number of carboxylic acids is 1. The van der Waals surface area contributed by atoms with E-state index in [4.69, 9.17) is 5.11 Å². The maximum Gasteiger partial charge on any atom is 0.322 e. The first-order valence-electron chi connectivity index (χ1n) is 10.5. The third-order valence-electron chi connectivity index (χ3n) is 5.52. The second-order valence-electron chi connectivity index (χ2n) is 7.77. The number of carbonyl (C=O) groups excluding carboxylic acids is 2. The van der Waals surface area contributed by atoms with Crippen LogP contribution in [-0.2, 0) is 29.2 Å². The Balaban J connectivity index is 1.78. The summed E-state index contributed by atoms with van der Waals surface area (Å²) in [4.78, 5) is 55.5. The number of aromatic hydroxyl groups is 1. The molecular weight excluding hydrogens is 460 g/mol. The molecule has 10 nitrogen and oxygen atoms in total. The summed E-state index contributed by atoms with van der Waals surface area (Å²) >= 11 is 1.39. The number of hydrogen-bond acceptors (Lipinski definition) is 7. The van der Waals surface area contributed by atoms with E-state index in [0.717, 1.165) is 10.2 Å². The summed E-state index contributed by atoms with van der Waals surface area (Å²) < 4.78 is 2.27. The van der Waals surface area contributed by atoms with Crippen LogP contribution in [-0.4, -0.2) is 49.0 Å². The molecule has 0 saturated carbocycles. The van der Waals surface area contributed by atoms with Gasteiger partial charge in [-0.05, 0) is 18.6 Å². The zero-order chi connectivity index (χ0) is 24.4. The van der Waals surface area contributed by atoms with Gasteiger partial charge in [0, 0.05) is 17.7 Å². The molecule has 3 N–H and O–H groups in total. The van der Waals surface area contributed by atoms with E-state index in [0.29, 0.717) is 17.1 Å². The van der Waals surface area contributed by atoms with Crippen molar-refractivity contribution >= 4 is 39.3 Å². The van der Waals surface area contributed by atoms with Crippen molar-refractivity contribution in [3.63, 3.8) is 0 Å². The number of hydrogen-bond donors (Lipinski definition) is 3. The van der Waals surface area contributed by atoms with Crippen LogP contribution in [0.3, 0.4) is 0 Å². The minimum Gasteiger partial charge on any atom is -0.506 e. The fourth-order valence-electron chi connectivity index (χ4n) is 3.88. The highest BCUT2D eigenvalue weighted by atomic mass is 32.1. The Labute approximate surface area is 197 Å². The van der Waals surface area contributed by atoms with Gasteiger partial charge in [0.05, 0.1) is 29.9 Å². The van der Waals surface area contributed by atoms with E-state index in [2.05, 4.69) is 16.9 Å². The number of aliphatic carboxylic acids is 1. The molecule has 3 heterocycles. The van der Waals surface area contributed by atoms with Crippen LogP contribution >= 0.6 is 11.3 Å². The SMILES string of the molecule is C=CCCC(=O)N1Cc2c(O)c(C(=O)NCC(=O)O)c(=O)n(Cc3nc4ccccc4s3)c2C1. The molecule has 0 radical (unpaired) electrons. The maximum atomic E-state index is 13.4. The van der Waals surface area contributed by atoms with Gasteiger partial charge in [0.2, 0.25) is 5.91 Å². The molecule has 11 heteroatoms. The normalized spacial score (nSPS) is 12.5. The topological polar surface area (TPSA) is 142 Å².